The van der Waals surface area contributed by atoms with Crippen LogP contribution in [0.1, 0.15) is 17.4 Å². The molecule has 0 aliphatic heterocycles. The molecule has 19 heavy (non-hydrogen) atoms. The van der Waals surface area contributed by atoms with Crippen molar-refractivity contribution in [2.75, 3.05) is 16.8 Å². The summed E-state index contributed by atoms with van der Waals surface area (Å²) in [4.78, 5) is 13.3. The summed E-state index contributed by atoms with van der Waals surface area (Å²) >= 11 is 1.70. The molecule has 0 aliphatic rings. The Morgan fingerprint density at radius 3 is 2.79 bits per heavy atom. The van der Waals surface area contributed by atoms with Crippen molar-refractivity contribution in [2.45, 2.75) is 11.8 Å². The Morgan fingerprint density at radius 2 is 2.16 bits per heavy atom. The Balaban J connectivity index is 2.21. The highest BCUT2D eigenvalue weighted by atomic mass is 32.2. The molecule has 100 valence electrons. The number of rotatable bonds is 4. The van der Waals surface area contributed by atoms with E-state index in [0.717, 1.165) is 16.3 Å². The molecule has 1 aromatic carbocycles. The number of thioether (sulfide) groups is 1. The highest BCUT2D eigenvalue weighted by Crippen LogP contribution is 2.27. The van der Waals surface area contributed by atoms with E-state index in [2.05, 4.69) is 12.2 Å². The first kappa shape index (κ1) is 13.5. The molecule has 0 aliphatic carbocycles. The molecule has 0 spiro atoms. The van der Waals surface area contributed by atoms with Crippen LogP contribution in [0.2, 0.25) is 0 Å². The molecule has 0 saturated heterocycles. The molecule has 0 radical (unpaired) electrons. The molecular weight excluding hydrogens is 258 g/mol. The van der Waals surface area contributed by atoms with E-state index in [-0.39, 0.29) is 5.91 Å². The molecule has 2 rings (SSSR count). The quantitative estimate of drug-likeness (QED) is 0.843. The predicted octanol–water partition coefficient (Wildman–Crippen LogP) is 2.97. The van der Waals surface area contributed by atoms with E-state index in [4.69, 9.17) is 5.73 Å². The molecule has 1 amide bonds. The van der Waals surface area contributed by atoms with Gasteiger partial charge in [0.2, 0.25) is 0 Å². The standard InChI is InChI=1S/C14H17N3OS/c1-3-19-13-7-5-4-6-11(13)16-14(18)12-8-10(15)9-17(12)2/h4-9H,3,15H2,1-2H3,(H,16,18). The van der Waals surface area contributed by atoms with E-state index in [1.54, 1.807) is 35.6 Å². The Labute approximate surface area is 117 Å². The summed E-state index contributed by atoms with van der Waals surface area (Å²) in [5, 5.41) is 2.93. The number of nitrogens with one attached hydrogen (secondary N) is 1. The van der Waals surface area contributed by atoms with Gasteiger partial charge < -0.3 is 15.6 Å². The number of benzene rings is 1. The molecule has 0 bridgehead atoms. The summed E-state index contributed by atoms with van der Waals surface area (Å²) in [5.41, 5.74) is 7.65. The molecule has 2 aromatic rings. The first-order valence-electron chi connectivity index (χ1n) is 6.07. The van der Waals surface area contributed by atoms with Gasteiger partial charge in [-0.1, -0.05) is 19.1 Å². The molecule has 1 aromatic heterocycles. The Hall–Kier alpha value is -1.88. The van der Waals surface area contributed by atoms with Gasteiger partial charge in [0.05, 0.1) is 11.4 Å². The number of nitrogen functional groups attached to an aromatic ring is 1. The zero-order valence-electron chi connectivity index (χ0n) is 11.0. The van der Waals surface area contributed by atoms with Gasteiger partial charge in [0.1, 0.15) is 5.69 Å². The summed E-state index contributed by atoms with van der Waals surface area (Å²) < 4.78 is 1.72. The van der Waals surface area contributed by atoms with Gasteiger partial charge in [0, 0.05) is 18.1 Å². The van der Waals surface area contributed by atoms with Crippen LogP contribution >= 0.6 is 11.8 Å². The third kappa shape index (κ3) is 3.12. The van der Waals surface area contributed by atoms with Crippen molar-refractivity contribution in [3.63, 3.8) is 0 Å². The van der Waals surface area contributed by atoms with Gasteiger partial charge in [-0.2, -0.15) is 0 Å². The van der Waals surface area contributed by atoms with Crippen molar-refractivity contribution >= 4 is 29.0 Å². The van der Waals surface area contributed by atoms with Crippen LogP contribution in [-0.2, 0) is 7.05 Å². The molecule has 0 unspecified atom stereocenters. The lowest BCUT2D eigenvalue weighted by atomic mass is 10.3. The fourth-order valence-electron chi connectivity index (χ4n) is 1.85. The van der Waals surface area contributed by atoms with Crippen molar-refractivity contribution in [1.29, 1.82) is 0 Å². The second kappa shape index (κ2) is 5.84. The van der Waals surface area contributed by atoms with Gasteiger partial charge in [-0.25, -0.2) is 0 Å². The average molecular weight is 275 g/mol. The fraction of sp³-hybridized carbons (Fsp3) is 0.214. The normalized spacial score (nSPS) is 10.4. The van der Waals surface area contributed by atoms with Crippen LogP contribution in [0.5, 0.6) is 0 Å². The van der Waals surface area contributed by atoms with Gasteiger partial charge in [-0.05, 0) is 24.0 Å². The largest absolute Gasteiger partial charge is 0.397 e. The molecule has 0 saturated carbocycles. The fourth-order valence-corrected chi connectivity index (χ4v) is 2.61. The number of aryl methyl sites for hydroxylation is 1. The first-order chi connectivity index (χ1) is 9.11. The third-order valence-electron chi connectivity index (χ3n) is 2.69. The minimum absolute atomic E-state index is 0.150. The number of amides is 1. The number of aromatic nitrogens is 1. The van der Waals surface area contributed by atoms with Gasteiger partial charge in [-0.3, -0.25) is 4.79 Å². The van der Waals surface area contributed by atoms with E-state index >= 15 is 0 Å². The minimum atomic E-state index is -0.150. The lowest BCUT2D eigenvalue weighted by Gasteiger charge is -2.10. The highest BCUT2D eigenvalue weighted by molar-refractivity contribution is 7.99. The summed E-state index contributed by atoms with van der Waals surface area (Å²) in [6.45, 7) is 2.08. The number of hydrogen-bond acceptors (Lipinski definition) is 3. The van der Waals surface area contributed by atoms with Crippen LogP contribution in [0, 0.1) is 0 Å². The molecule has 5 heteroatoms. The van der Waals surface area contributed by atoms with Gasteiger partial charge in [0.25, 0.3) is 5.91 Å². The van der Waals surface area contributed by atoms with Crippen LogP contribution in [0.3, 0.4) is 0 Å². The highest BCUT2D eigenvalue weighted by Gasteiger charge is 2.12. The Kier molecular flexibility index (Phi) is 4.16. The van der Waals surface area contributed by atoms with Crippen molar-refractivity contribution < 1.29 is 4.79 Å². The van der Waals surface area contributed by atoms with Crippen LogP contribution in [0.15, 0.2) is 41.4 Å². The van der Waals surface area contributed by atoms with Crippen molar-refractivity contribution in [1.82, 2.24) is 4.57 Å². The maximum absolute atomic E-state index is 12.2. The van der Waals surface area contributed by atoms with Crippen molar-refractivity contribution in [2.24, 2.45) is 7.05 Å². The molecule has 3 N–H and O–H groups in total. The average Bonchev–Trinajstić information content (AvgIpc) is 2.71. The molecule has 0 atom stereocenters. The lowest BCUT2D eigenvalue weighted by molar-refractivity contribution is 0.101. The van der Waals surface area contributed by atoms with E-state index in [1.807, 2.05) is 24.3 Å². The number of nitrogens with zero attached hydrogens (tertiary/aromatic N) is 1. The smallest absolute Gasteiger partial charge is 0.272 e. The van der Waals surface area contributed by atoms with Gasteiger partial charge in [0.15, 0.2) is 0 Å². The van der Waals surface area contributed by atoms with Crippen LogP contribution < -0.4 is 11.1 Å². The molecule has 1 heterocycles. The Bertz CT molecular complexity index is 592. The SMILES string of the molecule is CCSc1ccccc1NC(=O)c1cc(N)cn1C. The third-order valence-corrected chi connectivity index (χ3v) is 3.65. The number of carbonyl (C=O) groups excluding carboxylic acids is 1. The monoisotopic (exact) mass is 275 g/mol. The number of carbonyl (C=O) groups is 1. The van der Waals surface area contributed by atoms with E-state index in [9.17, 15) is 4.79 Å². The van der Waals surface area contributed by atoms with Crippen LogP contribution in [0.25, 0.3) is 0 Å². The maximum Gasteiger partial charge on any atom is 0.272 e. The zero-order valence-corrected chi connectivity index (χ0v) is 11.8. The van der Waals surface area contributed by atoms with E-state index in [0.29, 0.717) is 11.4 Å². The summed E-state index contributed by atoms with van der Waals surface area (Å²) in [7, 11) is 1.80. The number of nitrogens with two attached hydrogens (primary N) is 1. The van der Waals surface area contributed by atoms with Gasteiger partial charge >= 0.3 is 0 Å². The Morgan fingerprint density at radius 1 is 1.42 bits per heavy atom. The van der Waals surface area contributed by atoms with Crippen molar-refractivity contribution in [3.8, 4) is 0 Å². The number of para-hydroxylation sites is 1. The lowest BCUT2D eigenvalue weighted by Crippen LogP contribution is -2.15. The van der Waals surface area contributed by atoms with Crippen LogP contribution in [-0.4, -0.2) is 16.2 Å². The van der Waals surface area contributed by atoms with E-state index in [1.165, 1.54) is 0 Å². The second-order valence-electron chi connectivity index (χ2n) is 4.15. The van der Waals surface area contributed by atoms with Gasteiger partial charge in [-0.15, -0.1) is 11.8 Å². The maximum atomic E-state index is 12.2. The van der Waals surface area contributed by atoms with Crippen molar-refractivity contribution in [3.05, 3.63) is 42.2 Å². The first-order valence-corrected chi connectivity index (χ1v) is 7.05. The zero-order chi connectivity index (χ0) is 13.8. The molecule has 0 fully saturated rings. The number of hydrogen-bond donors (Lipinski definition) is 2. The topological polar surface area (TPSA) is 60.1 Å². The summed E-state index contributed by atoms with van der Waals surface area (Å²) in [6.07, 6.45) is 1.72. The minimum Gasteiger partial charge on any atom is -0.397 e. The number of anilines is 2. The van der Waals surface area contributed by atoms with Crippen LogP contribution in [0.4, 0.5) is 11.4 Å². The second-order valence-corrected chi connectivity index (χ2v) is 5.46. The molecule has 4 nitrogen and oxygen atoms in total. The predicted molar refractivity (Wildman–Crippen MR) is 80.6 cm³/mol. The van der Waals surface area contributed by atoms with E-state index < -0.39 is 0 Å². The summed E-state index contributed by atoms with van der Waals surface area (Å²) in [5.74, 6) is 0.813. The summed E-state index contributed by atoms with van der Waals surface area (Å²) in [6, 6.07) is 9.46. The molecular formula is C14H17N3OS.